The average Bonchev–Trinajstić information content (AvgIpc) is 2.82. The van der Waals surface area contributed by atoms with E-state index in [0.717, 1.165) is 37.5 Å². The molecule has 0 aliphatic carbocycles. The Balaban J connectivity index is 2.17. The molecule has 2 rings (SSSR count). The first-order valence-electron chi connectivity index (χ1n) is 7.23. The van der Waals surface area contributed by atoms with E-state index in [1.54, 1.807) is 0 Å². The van der Waals surface area contributed by atoms with Crippen molar-refractivity contribution in [2.45, 2.75) is 39.8 Å². The Morgan fingerprint density at radius 1 is 1.20 bits per heavy atom. The fraction of sp³-hybridized carbons (Fsp3) is 0.438. The molecule has 1 aromatic heterocycles. The van der Waals surface area contributed by atoms with E-state index in [1.165, 1.54) is 16.8 Å². The lowest BCUT2D eigenvalue weighted by molar-refractivity contribution is 0.630. The van der Waals surface area contributed by atoms with Gasteiger partial charge in [0.25, 0.3) is 0 Å². The van der Waals surface area contributed by atoms with Gasteiger partial charge < -0.3 is 5.32 Å². The fourth-order valence-corrected chi connectivity index (χ4v) is 2.41. The maximum Gasteiger partial charge on any atom is 0.0662 e. The average molecular weight is 292 g/mol. The predicted molar refractivity (Wildman–Crippen MR) is 84.2 cm³/mol. The van der Waals surface area contributed by atoms with Crippen LogP contribution in [0, 0.1) is 0 Å². The van der Waals surface area contributed by atoms with Crippen molar-refractivity contribution in [2.24, 2.45) is 0 Å². The number of nitrogens with one attached hydrogen (secondary N) is 1. The molecule has 3 nitrogen and oxygen atoms in total. The maximum absolute atomic E-state index is 5.93. The molecule has 1 N–H and O–H groups in total. The van der Waals surface area contributed by atoms with Crippen molar-refractivity contribution in [1.82, 2.24) is 15.1 Å². The Morgan fingerprint density at radius 2 is 1.95 bits per heavy atom. The standard InChI is InChI=1S/C16H22ClN3/c1-3-5-16-14(10-18-4-2)11-19-20(16)12-13-6-8-15(17)9-7-13/h6-9,11,18H,3-5,10,12H2,1-2H3. The molecule has 0 saturated heterocycles. The van der Waals surface area contributed by atoms with Gasteiger partial charge in [-0.05, 0) is 30.7 Å². The maximum atomic E-state index is 5.93. The van der Waals surface area contributed by atoms with Crippen LogP contribution in [0.5, 0.6) is 0 Å². The van der Waals surface area contributed by atoms with Crippen LogP contribution in [0.15, 0.2) is 30.5 Å². The van der Waals surface area contributed by atoms with Crippen LogP contribution in [0.1, 0.15) is 37.1 Å². The second kappa shape index (κ2) is 7.46. The first-order valence-corrected chi connectivity index (χ1v) is 7.61. The highest BCUT2D eigenvalue weighted by Crippen LogP contribution is 2.15. The molecule has 2 aromatic rings. The van der Waals surface area contributed by atoms with Gasteiger partial charge in [-0.2, -0.15) is 5.10 Å². The third kappa shape index (κ3) is 3.84. The minimum absolute atomic E-state index is 0.774. The highest BCUT2D eigenvalue weighted by atomic mass is 35.5. The molecule has 1 heterocycles. The van der Waals surface area contributed by atoms with Gasteiger partial charge in [0, 0.05) is 22.8 Å². The molecule has 0 aliphatic rings. The molecule has 1 aromatic carbocycles. The van der Waals surface area contributed by atoms with E-state index >= 15 is 0 Å². The van der Waals surface area contributed by atoms with E-state index < -0.39 is 0 Å². The molecule has 4 heteroatoms. The zero-order valence-corrected chi connectivity index (χ0v) is 13.0. The van der Waals surface area contributed by atoms with E-state index in [9.17, 15) is 0 Å². The molecule has 0 fully saturated rings. The van der Waals surface area contributed by atoms with Gasteiger partial charge in [-0.1, -0.05) is 44.0 Å². The van der Waals surface area contributed by atoms with Crippen LogP contribution < -0.4 is 5.32 Å². The molecule has 108 valence electrons. The van der Waals surface area contributed by atoms with Crippen LogP contribution in [0.2, 0.25) is 5.02 Å². The van der Waals surface area contributed by atoms with E-state index in [0.29, 0.717) is 0 Å². The van der Waals surface area contributed by atoms with Crippen molar-refractivity contribution in [2.75, 3.05) is 6.54 Å². The first kappa shape index (κ1) is 15.1. The summed E-state index contributed by atoms with van der Waals surface area (Å²) in [6, 6.07) is 7.98. The molecule has 0 spiro atoms. The van der Waals surface area contributed by atoms with E-state index in [2.05, 4.69) is 41.1 Å². The zero-order valence-electron chi connectivity index (χ0n) is 12.2. The van der Waals surface area contributed by atoms with Gasteiger partial charge in [0.05, 0.1) is 12.7 Å². The second-order valence-corrected chi connectivity index (χ2v) is 5.37. The summed E-state index contributed by atoms with van der Waals surface area (Å²) in [5, 5.41) is 8.70. The van der Waals surface area contributed by atoms with Gasteiger partial charge in [0.1, 0.15) is 0 Å². The third-order valence-corrected chi connectivity index (χ3v) is 3.59. The molecular weight excluding hydrogens is 270 g/mol. The van der Waals surface area contributed by atoms with Crippen LogP contribution in [-0.4, -0.2) is 16.3 Å². The summed E-state index contributed by atoms with van der Waals surface area (Å²) in [5.41, 5.74) is 3.87. The van der Waals surface area contributed by atoms with Crippen molar-refractivity contribution in [1.29, 1.82) is 0 Å². The largest absolute Gasteiger partial charge is 0.313 e. The Labute approximate surface area is 126 Å². The van der Waals surface area contributed by atoms with Crippen molar-refractivity contribution >= 4 is 11.6 Å². The molecule has 0 radical (unpaired) electrons. The Morgan fingerprint density at radius 3 is 2.60 bits per heavy atom. The van der Waals surface area contributed by atoms with E-state index in [1.807, 2.05) is 18.3 Å². The highest BCUT2D eigenvalue weighted by molar-refractivity contribution is 6.30. The van der Waals surface area contributed by atoms with Gasteiger partial charge in [-0.3, -0.25) is 4.68 Å². The van der Waals surface area contributed by atoms with Crippen molar-refractivity contribution in [3.8, 4) is 0 Å². The highest BCUT2D eigenvalue weighted by Gasteiger charge is 2.10. The van der Waals surface area contributed by atoms with Crippen LogP contribution >= 0.6 is 11.6 Å². The summed E-state index contributed by atoms with van der Waals surface area (Å²) in [6.07, 6.45) is 4.18. The predicted octanol–water partition coefficient (Wildman–Crippen LogP) is 3.65. The molecular formula is C16H22ClN3. The summed E-state index contributed by atoms with van der Waals surface area (Å²) in [7, 11) is 0. The zero-order chi connectivity index (χ0) is 14.4. The van der Waals surface area contributed by atoms with E-state index in [-0.39, 0.29) is 0 Å². The van der Waals surface area contributed by atoms with Crippen LogP contribution in [0.3, 0.4) is 0 Å². The number of benzene rings is 1. The lowest BCUT2D eigenvalue weighted by atomic mass is 10.1. The Bertz CT molecular complexity index is 531. The van der Waals surface area contributed by atoms with Gasteiger partial charge in [-0.25, -0.2) is 0 Å². The smallest absolute Gasteiger partial charge is 0.0662 e. The van der Waals surface area contributed by atoms with Gasteiger partial charge >= 0.3 is 0 Å². The van der Waals surface area contributed by atoms with Gasteiger partial charge in [0.15, 0.2) is 0 Å². The number of halogens is 1. The molecule has 0 bridgehead atoms. The van der Waals surface area contributed by atoms with Crippen LogP contribution in [0.4, 0.5) is 0 Å². The summed E-state index contributed by atoms with van der Waals surface area (Å²) < 4.78 is 2.11. The minimum Gasteiger partial charge on any atom is -0.313 e. The summed E-state index contributed by atoms with van der Waals surface area (Å²) >= 11 is 5.93. The fourth-order valence-electron chi connectivity index (χ4n) is 2.28. The second-order valence-electron chi connectivity index (χ2n) is 4.93. The lowest BCUT2D eigenvalue weighted by Gasteiger charge is -2.09. The molecule has 0 saturated carbocycles. The first-order chi connectivity index (χ1) is 9.74. The molecule has 20 heavy (non-hydrogen) atoms. The third-order valence-electron chi connectivity index (χ3n) is 3.33. The quantitative estimate of drug-likeness (QED) is 0.844. The SMILES string of the molecule is CCCc1c(CNCC)cnn1Cc1ccc(Cl)cc1. The lowest BCUT2D eigenvalue weighted by Crippen LogP contribution is -2.14. The number of hydrogen-bond acceptors (Lipinski definition) is 2. The van der Waals surface area contributed by atoms with E-state index in [4.69, 9.17) is 11.6 Å². The van der Waals surface area contributed by atoms with Gasteiger partial charge in [0.2, 0.25) is 0 Å². The Hall–Kier alpha value is -1.32. The monoisotopic (exact) mass is 291 g/mol. The van der Waals surface area contributed by atoms with Crippen LogP contribution in [0.25, 0.3) is 0 Å². The minimum atomic E-state index is 0.774. The number of hydrogen-bond donors (Lipinski definition) is 1. The number of rotatable bonds is 7. The topological polar surface area (TPSA) is 29.9 Å². The van der Waals surface area contributed by atoms with Crippen molar-refractivity contribution < 1.29 is 0 Å². The number of aromatic nitrogens is 2. The Kier molecular flexibility index (Phi) is 5.62. The number of nitrogens with zero attached hydrogens (tertiary/aromatic N) is 2. The van der Waals surface area contributed by atoms with Crippen LogP contribution in [-0.2, 0) is 19.5 Å². The molecule has 0 atom stereocenters. The normalized spacial score (nSPS) is 10.9. The summed E-state index contributed by atoms with van der Waals surface area (Å²) in [5.74, 6) is 0. The van der Waals surface area contributed by atoms with Gasteiger partial charge in [-0.15, -0.1) is 0 Å². The molecule has 0 aliphatic heterocycles. The molecule has 0 amide bonds. The summed E-state index contributed by atoms with van der Waals surface area (Å²) in [4.78, 5) is 0. The van der Waals surface area contributed by atoms with Crippen molar-refractivity contribution in [3.63, 3.8) is 0 Å². The summed E-state index contributed by atoms with van der Waals surface area (Å²) in [6.45, 7) is 7.01. The molecule has 0 unspecified atom stereocenters. The van der Waals surface area contributed by atoms with Crippen molar-refractivity contribution in [3.05, 3.63) is 52.3 Å².